The van der Waals surface area contributed by atoms with E-state index in [1.165, 1.54) is 0 Å². The third-order valence-electron chi connectivity index (χ3n) is 6.38. The molecule has 2 saturated heterocycles. The van der Waals surface area contributed by atoms with Gasteiger partial charge in [-0.2, -0.15) is 0 Å². The van der Waals surface area contributed by atoms with Gasteiger partial charge in [-0.1, -0.05) is 39.0 Å². The minimum atomic E-state index is -2.10. The van der Waals surface area contributed by atoms with Gasteiger partial charge in [0, 0.05) is 11.6 Å². The van der Waals surface area contributed by atoms with Crippen LogP contribution >= 0.6 is 0 Å². The number of hydroxylamine groups is 1. The number of hydrogen-bond donors (Lipinski definition) is 3. The molecule has 138 valence electrons. The Bertz CT molecular complexity index is 707. The van der Waals surface area contributed by atoms with Crippen molar-refractivity contribution in [3.05, 3.63) is 29.8 Å². The zero-order valence-electron chi connectivity index (χ0n) is 15.5. The number of aliphatic hydroxyl groups is 2. The summed E-state index contributed by atoms with van der Waals surface area (Å²) in [6.45, 7) is 11.4. The lowest BCUT2D eigenvalue weighted by molar-refractivity contribution is -0.331. The number of benzene rings is 1. The fourth-order valence-corrected chi connectivity index (χ4v) is 4.56. The Hall–Kier alpha value is -0.963. The number of hydrogen-bond acceptors (Lipinski definition) is 6. The van der Waals surface area contributed by atoms with Crippen LogP contribution in [0.15, 0.2) is 24.3 Å². The van der Waals surface area contributed by atoms with Crippen LogP contribution in [0.4, 0.5) is 5.69 Å². The van der Waals surface area contributed by atoms with Gasteiger partial charge in [-0.05, 0) is 24.2 Å². The highest BCUT2D eigenvalue weighted by Crippen LogP contribution is 2.53. The van der Waals surface area contributed by atoms with E-state index in [-0.39, 0.29) is 23.7 Å². The van der Waals surface area contributed by atoms with Gasteiger partial charge < -0.3 is 20.0 Å². The SMILES string of the molecule is CC(C)(C)[Si](C)(C)OCC1(O)c2ccccc2N2CC3NC3C1(O)O2. The highest BCUT2D eigenvalue weighted by molar-refractivity contribution is 6.74. The summed E-state index contributed by atoms with van der Waals surface area (Å²) in [5.74, 6) is -1.73. The third kappa shape index (κ3) is 2.34. The molecular weight excluding hydrogens is 336 g/mol. The molecule has 3 heterocycles. The van der Waals surface area contributed by atoms with Gasteiger partial charge in [0.05, 0.1) is 24.9 Å². The largest absolute Gasteiger partial charge is 0.413 e. The van der Waals surface area contributed by atoms with Crippen molar-refractivity contribution in [2.75, 3.05) is 18.2 Å². The lowest BCUT2D eigenvalue weighted by Gasteiger charge is -2.53. The molecule has 0 radical (unpaired) electrons. The molecule has 1 aromatic carbocycles. The maximum absolute atomic E-state index is 11.7. The summed E-state index contributed by atoms with van der Waals surface area (Å²) in [7, 11) is -2.10. The molecule has 2 bridgehead atoms. The molecule has 25 heavy (non-hydrogen) atoms. The first-order valence-electron chi connectivity index (χ1n) is 8.91. The number of fused-ring (bicyclic) bond motifs is 6. The fourth-order valence-electron chi connectivity index (χ4n) is 3.56. The molecule has 0 spiro atoms. The average Bonchev–Trinajstić information content (AvgIpc) is 3.31. The predicted molar refractivity (Wildman–Crippen MR) is 97.6 cm³/mol. The second kappa shape index (κ2) is 5.06. The normalized spacial score (nSPS) is 36.7. The molecule has 3 aliphatic heterocycles. The van der Waals surface area contributed by atoms with Crippen LogP contribution in [0.3, 0.4) is 0 Å². The van der Waals surface area contributed by atoms with E-state index in [0.717, 1.165) is 5.69 Å². The highest BCUT2D eigenvalue weighted by Gasteiger charge is 2.71. The van der Waals surface area contributed by atoms with E-state index in [4.69, 9.17) is 9.26 Å². The quantitative estimate of drug-likeness (QED) is 0.559. The van der Waals surface area contributed by atoms with Gasteiger partial charge in [0.25, 0.3) is 0 Å². The Kier molecular flexibility index (Phi) is 3.53. The van der Waals surface area contributed by atoms with Crippen LogP contribution in [0.2, 0.25) is 18.1 Å². The van der Waals surface area contributed by atoms with Gasteiger partial charge >= 0.3 is 0 Å². The second-order valence-corrected chi connectivity index (χ2v) is 13.8. The Morgan fingerprint density at radius 2 is 2.00 bits per heavy atom. The van der Waals surface area contributed by atoms with Crippen LogP contribution in [-0.2, 0) is 14.9 Å². The first-order chi connectivity index (χ1) is 11.5. The van der Waals surface area contributed by atoms with Crippen LogP contribution in [0.1, 0.15) is 26.3 Å². The predicted octanol–water partition coefficient (Wildman–Crippen LogP) is 1.69. The van der Waals surface area contributed by atoms with Crippen molar-refractivity contribution in [3.63, 3.8) is 0 Å². The van der Waals surface area contributed by atoms with Gasteiger partial charge in [-0.25, -0.2) is 9.90 Å². The van der Waals surface area contributed by atoms with E-state index in [2.05, 4.69) is 39.2 Å². The van der Waals surface area contributed by atoms with Gasteiger partial charge in [0.15, 0.2) is 13.9 Å². The number of rotatable bonds is 3. The van der Waals surface area contributed by atoms with Crippen molar-refractivity contribution >= 4 is 14.0 Å². The van der Waals surface area contributed by atoms with Crippen LogP contribution in [-0.4, -0.2) is 49.6 Å². The monoisotopic (exact) mass is 364 g/mol. The Morgan fingerprint density at radius 1 is 1.32 bits per heavy atom. The Morgan fingerprint density at radius 3 is 2.68 bits per heavy atom. The highest BCUT2D eigenvalue weighted by atomic mass is 28.4. The van der Waals surface area contributed by atoms with E-state index < -0.39 is 19.7 Å². The lowest BCUT2D eigenvalue weighted by Crippen LogP contribution is -2.69. The van der Waals surface area contributed by atoms with E-state index in [0.29, 0.717) is 12.1 Å². The molecule has 3 N–H and O–H groups in total. The molecule has 0 saturated carbocycles. The number of para-hydroxylation sites is 1. The molecule has 0 amide bonds. The molecule has 3 aliphatic rings. The molecule has 4 rings (SSSR count). The van der Waals surface area contributed by atoms with Gasteiger partial charge in [0.2, 0.25) is 5.79 Å². The van der Waals surface area contributed by atoms with Gasteiger partial charge in [0.1, 0.15) is 0 Å². The van der Waals surface area contributed by atoms with Crippen molar-refractivity contribution in [2.45, 2.75) is 62.4 Å². The Labute approximate surface area is 149 Å². The summed E-state index contributed by atoms with van der Waals surface area (Å²) in [6.07, 6.45) is 0. The van der Waals surface area contributed by atoms with Crippen molar-refractivity contribution < 1.29 is 19.5 Å². The Balaban J connectivity index is 1.74. The van der Waals surface area contributed by atoms with Crippen LogP contribution in [0.25, 0.3) is 0 Å². The molecule has 1 aromatic rings. The first kappa shape index (κ1) is 17.5. The van der Waals surface area contributed by atoms with Crippen LogP contribution in [0.5, 0.6) is 0 Å². The van der Waals surface area contributed by atoms with E-state index in [1.54, 1.807) is 5.06 Å². The summed E-state index contributed by atoms with van der Waals surface area (Å²) in [4.78, 5) is 5.87. The minimum absolute atomic E-state index is 0.00967. The topological polar surface area (TPSA) is 84.1 Å². The molecule has 0 aliphatic carbocycles. The smallest absolute Gasteiger partial charge is 0.244 e. The second-order valence-electron chi connectivity index (χ2n) is 9.03. The van der Waals surface area contributed by atoms with Crippen LogP contribution in [0, 0.1) is 0 Å². The molecule has 6 nitrogen and oxygen atoms in total. The zero-order valence-corrected chi connectivity index (χ0v) is 16.5. The number of nitrogens with one attached hydrogen (secondary N) is 1. The van der Waals surface area contributed by atoms with Gasteiger partial charge in [-0.15, -0.1) is 0 Å². The van der Waals surface area contributed by atoms with Crippen molar-refractivity contribution in [2.24, 2.45) is 0 Å². The molecule has 0 aromatic heterocycles. The third-order valence-corrected chi connectivity index (χ3v) is 10.9. The maximum Gasteiger partial charge on any atom is 0.244 e. The zero-order chi connectivity index (χ0) is 18.3. The molecule has 2 fully saturated rings. The van der Waals surface area contributed by atoms with Crippen molar-refractivity contribution in [1.29, 1.82) is 0 Å². The van der Waals surface area contributed by atoms with Crippen molar-refractivity contribution in [1.82, 2.24) is 5.32 Å². The van der Waals surface area contributed by atoms with Crippen molar-refractivity contribution in [3.8, 4) is 0 Å². The molecule has 7 heteroatoms. The summed E-state index contributed by atoms with van der Waals surface area (Å²) in [5, 5.41) is 28.0. The van der Waals surface area contributed by atoms with Gasteiger partial charge in [-0.3, -0.25) is 0 Å². The summed E-state index contributed by atoms with van der Waals surface area (Å²) >= 11 is 0. The lowest BCUT2D eigenvalue weighted by atomic mass is 9.79. The fraction of sp³-hybridized carbons (Fsp3) is 0.667. The number of nitrogens with zero attached hydrogens (tertiary/aromatic N) is 1. The summed E-state index contributed by atoms with van der Waals surface area (Å²) in [6, 6.07) is 7.38. The minimum Gasteiger partial charge on any atom is -0.413 e. The maximum atomic E-state index is 11.7. The first-order valence-corrected chi connectivity index (χ1v) is 11.8. The van der Waals surface area contributed by atoms with E-state index in [9.17, 15) is 10.2 Å². The number of anilines is 1. The van der Waals surface area contributed by atoms with E-state index >= 15 is 0 Å². The average molecular weight is 365 g/mol. The molecule has 4 atom stereocenters. The van der Waals surface area contributed by atoms with E-state index in [1.807, 2.05) is 24.3 Å². The summed E-state index contributed by atoms with van der Waals surface area (Å²) in [5.41, 5.74) is -0.169. The molecular formula is C18H28N2O4Si. The standard InChI is InChI=1S/C18H28N2O4Si/c1-16(2,3)25(4,5)23-11-17(21)12-8-6-7-9-14(12)20-10-13-15(19-13)18(17,22)24-20/h6-9,13,15,19,21-22H,10-11H2,1-5H3. The summed E-state index contributed by atoms with van der Waals surface area (Å²) < 4.78 is 6.32. The van der Waals surface area contributed by atoms with Crippen LogP contribution < -0.4 is 10.4 Å². The molecule has 4 unspecified atom stereocenters.